The minimum atomic E-state index is -0.314. The van der Waals surface area contributed by atoms with Crippen molar-refractivity contribution in [2.24, 2.45) is 5.73 Å². The lowest BCUT2D eigenvalue weighted by Crippen LogP contribution is -2.34. The molecular weight excluding hydrogens is 202 g/mol. The molecule has 0 fully saturated rings. The third kappa shape index (κ3) is 5.48. The number of carbonyl (C=O) groups is 1. The summed E-state index contributed by atoms with van der Waals surface area (Å²) >= 11 is 0. The van der Waals surface area contributed by atoms with Crippen LogP contribution in [0.2, 0.25) is 0 Å². The summed E-state index contributed by atoms with van der Waals surface area (Å²) < 4.78 is 0. The number of benzene rings is 1. The molecule has 4 heteroatoms. The summed E-state index contributed by atoms with van der Waals surface area (Å²) in [5, 5.41) is 2.99. The molecule has 0 aromatic heterocycles. The number of likely N-dealkylation sites (N-methyl/N-ethyl adjacent to an activating group) is 1. The first kappa shape index (κ1) is 12.7. The lowest BCUT2D eigenvalue weighted by molar-refractivity contribution is -0.117. The van der Waals surface area contributed by atoms with Gasteiger partial charge >= 0.3 is 0 Å². The van der Waals surface area contributed by atoms with Crippen LogP contribution in [0.1, 0.15) is 5.56 Å². The van der Waals surface area contributed by atoms with Crippen molar-refractivity contribution < 1.29 is 4.79 Å². The Morgan fingerprint density at radius 3 is 2.69 bits per heavy atom. The van der Waals surface area contributed by atoms with Crippen LogP contribution in [0.5, 0.6) is 0 Å². The molecule has 3 N–H and O–H groups in total. The number of nitrogens with zero attached hydrogens (tertiary/aromatic N) is 1. The molecule has 0 aliphatic heterocycles. The minimum absolute atomic E-state index is 0.249. The molecule has 16 heavy (non-hydrogen) atoms. The number of hydrogen-bond acceptors (Lipinski definition) is 3. The van der Waals surface area contributed by atoms with Gasteiger partial charge in [-0.15, -0.1) is 0 Å². The Hall–Kier alpha value is -1.39. The second-order valence-electron chi connectivity index (χ2n) is 3.87. The molecule has 0 atom stereocenters. The molecule has 1 amide bonds. The molecule has 0 aliphatic carbocycles. The highest BCUT2D eigenvalue weighted by Crippen LogP contribution is 2.01. The van der Waals surface area contributed by atoms with Gasteiger partial charge in [0.15, 0.2) is 0 Å². The highest BCUT2D eigenvalue weighted by Gasteiger charge is 1.99. The minimum Gasteiger partial charge on any atom is -0.369 e. The van der Waals surface area contributed by atoms with Crippen molar-refractivity contribution in [2.45, 2.75) is 6.54 Å². The molecule has 1 aromatic carbocycles. The van der Waals surface area contributed by atoms with Gasteiger partial charge in [0, 0.05) is 19.6 Å². The zero-order valence-corrected chi connectivity index (χ0v) is 9.65. The van der Waals surface area contributed by atoms with Crippen LogP contribution in [0.4, 0.5) is 0 Å². The van der Waals surface area contributed by atoms with Gasteiger partial charge in [0.05, 0.1) is 6.54 Å². The van der Waals surface area contributed by atoms with Gasteiger partial charge in [-0.05, 0) is 12.6 Å². The van der Waals surface area contributed by atoms with Crippen molar-refractivity contribution >= 4 is 5.91 Å². The molecule has 0 saturated carbocycles. The molecule has 0 aliphatic rings. The fourth-order valence-electron chi connectivity index (χ4n) is 1.46. The van der Waals surface area contributed by atoms with Crippen LogP contribution in [0.3, 0.4) is 0 Å². The van der Waals surface area contributed by atoms with Crippen molar-refractivity contribution in [1.82, 2.24) is 10.2 Å². The van der Waals surface area contributed by atoms with Gasteiger partial charge in [0.1, 0.15) is 0 Å². The smallest absolute Gasteiger partial charge is 0.231 e. The molecule has 0 radical (unpaired) electrons. The molecule has 0 spiro atoms. The van der Waals surface area contributed by atoms with E-state index in [1.54, 1.807) is 0 Å². The Kier molecular flexibility index (Phi) is 5.53. The number of amides is 1. The van der Waals surface area contributed by atoms with E-state index in [-0.39, 0.29) is 12.5 Å². The SMILES string of the molecule is CN(CCNCC(N)=O)Cc1ccccc1. The van der Waals surface area contributed by atoms with E-state index in [9.17, 15) is 4.79 Å². The van der Waals surface area contributed by atoms with E-state index in [0.717, 1.165) is 19.6 Å². The summed E-state index contributed by atoms with van der Waals surface area (Å²) in [6.45, 7) is 2.83. The topological polar surface area (TPSA) is 58.4 Å². The van der Waals surface area contributed by atoms with E-state index in [0.29, 0.717) is 0 Å². The van der Waals surface area contributed by atoms with E-state index in [2.05, 4.69) is 29.4 Å². The quantitative estimate of drug-likeness (QED) is 0.646. The van der Waals surface area contributed by atoms with Gasteiger partial charge in [-0.25, -0.2) is 0 Å². The number of primary amides is 1. The first-order valence-corrected chi connectivity index (χ1v) is 5.40. The molecule has 0 bridgehead atoms. The van der Waals surface area contributed by atoms with Crippen molar-refractivity contribution in [3.8, 4) is 0 Å². The van der Waals surface area contributed by atoms with Crippen LogP contribution in [-0.2, 0) is 11.3 Å². The van der Waals surface area contributed by atoms with Crippen molar-refractivity contribution in [1.29, 1.82) is 0 Å². The van der Waals surface area contributed by atoms with E-state index < -0.39 is 0 Å². The van der Waals surface area contributed by atoms with E-state index in [1.807, 2.05) is 18.2 Å². The highest BCUT2D eigenvalue weighted by molar-refractivity contribution is 5.75. The van der Waals surface area contributed by atoms with Gasteiger partial charge in [-0.2, -0.15) is 0 Å². The first-order valence-electron chi connectivity index (χ1n) is 5.40. The van der Waals surface area contributed by atoms with Crippen LogP contribution in [-0.4, -0.2) is 37.5 Å². The number of hydrogen-bond donors (Lipinski definition) is 2. The Morgan fingerprint density at radius 1 is 1.38 bits per heavy atom. The Morgan fingerprint density at radius 2 is 2.06 bits per heavy atom. The monoisotopic (exact) mass is 221 g/mol. The highest BCUT2D eigenvalue weighted by atomic mass is 16.1. The van der Waals surface area contributed by atoms with Crippen LogP contribution in [0.15, 0.2) is 30.3 Å². The van der Waals surface area contributed by atoms with Gasteiger partial charge in [-0.1, -0.05) is 30.3 Å². The van der Waals surface area contributed by atoms with Gasteiger partial charge < -0.3 is 16.0 Å². The van der Waals surface area contributed by atoms with E-state index >= 15 is 0 Å². The molecule has 1 rings (SSSR count). The first-order chi connectivity index (χ1) is 7.68. The molecule has 1 aromatic rings. The molecule has 88 valence electrons. The average Bonchev–Trinajstić information content (AvgIpc) is 2.25. The standard InChI is InChI=1S/C12H19N3O/c1-15(8-7-14-9-12(13)16)10-11-5-3-2-4-6-11/h2-6,14H,7-10H2,1H3,(H2,13,16). The predicted octanol–water partition coefficient (Wildman–Crippen LogP) is 0.193. The van der Waals surface area contributed by atoms with Gasteiger partial charge in [-0.3, -0.25) is 4.79 Å². The van der Waals surface area contributed by atoms with E-state index in [1.165, 1.54) is 5.56 Å². The van der Waals surface area contributed by atoms with Crippen molar-refractivity contribution in [3.63, 3.8) is 0 Å². The molecule has 0 unspecified atom stereocenters. The Labute approximate surface area is 96.4 Å². The third-order valence-electron chi connectivity index (χ3n) is 2.26. The molecule has 4 nitrogen and oxygen atoms in total. The zero-order valence-electron chi connectivity index (χ0n) is 9.65. The summed E-state index contributed by atoms with van der Waals surface area (Å²) in [6, 6.07) is 10.3. The zero-order chi connectivity index (χ0) is 11.8. The van der Waals surface area contributed by atoms with Crippen LogP contribution >= 0.6 is 0 Å². The number of nitrogens with one attached hydrogen (secondary N) is 1. The second-order valence-corrected chi connectivity index (χ2v) is 3.87. The summed E-state index contributed by atoms with van der Waals surface area (Å²) in [5.74, 6) is -0.314. The van der Waals surface area contributed by atoms with Crippen LogP contribution in [0, 0.1) is 0 Å². The van der Waals surface area contributed by atoms with Crippen LogP contribution < -0.4 is 11.1 Å². The average molecular weight is 221 g/mol. The predicted molar refractivity (Wildman–Crippen MR) is 64.8 cm³/mol. The van der Waals surface area contributed by atoms with Crippen LogP contribution in [0.25, 0.3) is 0 Å². The Balaban J connectivity index is 2.16. The van der Waals surface area contributed by atoms with Gasteiger partial charge in [0.2, 0.25) is 5.91 Å². The lowest BCUT2D eigenvalue weighted by atomic mass is 10.2. The fourth-order valence-corrected chi connectivity index (χ4v) is 1.46. The molecular formula is C12H19N3O. The number of nitrogens with two attached hydrogens (primary N) is 1. The molecule has 0 heterocycles. The summed E-state index contributed by atoms with van der Waals surface area (Å²) in [4.78, 5) is 12.7. The summed E-state index contributed by atoms with van der Waals surface area (Å²) in [6.07, 6.45) is 0. The maximum Gasteiger partial charge on any atom is 0.231 e. The maximum absolute atomic E-state index is 10.5. The third-order valence-corrected chi connectivity index (χ3v) is 2.26. The van der Waals surface area contributed by atoms with Crippen molar-refractivity contribution in [3.05, 3.63) is 35.9 Å². The lowest BCUT2D eigenvalue weighted by Gasteiger charge is -2.16. The number of rotatable bonds is 7. The Bertz CT molecular complexity index is 313. The van der Waals surface area contributed by atoms with Crippen molar-refractivity contribution in [2.75, 3.05) is 26.7 Å². The summed E-state index contributed by atoms with van der Waals surface area (Å²) in [5.41, 5.74) is 6.31. The normalized spacial score (nSPS) is 10.6. The number of carbonyl (C=O) groups excluding carboxylic acids is 1. The van der Waals surface area contributed by atoms with Gasteiger partial charge in [0.25, 0.3) is 0 Å². The second kappa shape index (κ2) is 6.98. The van der Waals surface area contributed by atoms with E-state index in [4.69, 9.17) is 5.73 Å². The molecule has 0 saturated heterocycles. The fraction of sp³-hybridized carbons (Fsp3) is 0.417. The summed E-state index contributed by atoms with van der Waals surface area (Å²) in [7, 11) is 2.05. The largest absolute Gasteiger partial charge is 0.369 e. The maximum atomic E-state index is 10.5.